The summed E-state index contributed by atoms with van der Waals surface area (Å²) in [5.41, 5.74) is 0.241. The number of amides is 1. The van der Waals surface area contributed by atoms with Gasteiger partial charge >= 0.3 is 0 Å². The molecule has 1 atom stereocenters. The standard InChI is InChI=1S/C26H34N2O4S/c29-25(27-16-8-3-9-17-27)19-26(22-32-24-13-6-2-7-14-24)15-10-18-28(21-26)33(30,31)20-23-11-4-1-5-12-23/h1-2,4-7,11-14H,3,8-10,15-22H2. The zero-order chi connectivity index (χ0) is 23.2. The number of carbonyl (C=O) groups is 1. The lowest BCUT2D eigenvalue weighted by molar-refractivity contribution is -0.136. The Morgan fingerprint density at radius 1 is 0.879 bits per heavy atom. The highest BCUT2D eigenvalue weighted by Crippen LogP contribution is 2.37. The minimum absolute atomic E-state index is 0.0243. The molecule has 2 aromatic rings. The Hall–Kier alpha value is -2.38. The van der Waals surface area contributed by atoms with E-state index in [0.717, 1.165) is 56.5 Å². The number of piperidine rings is 2. The minimum atomic E-state index is -3.50. The second-order valence-corrected chi connectivity index (χ2v) is 11.4. The summed E-state index contributed by atoms with van der Waals surface area (Å²) in [6.45, 7) is 2.72. The van der Waals surface area contributed by atoms with E-state index in [0.29, 0.717) is 26.1 Å². The first kappa shape index (κ1) is 23.8. The zero-order valence-electron chi connectivity index (χ0n) is 19.2. The summed E-state index contributed by atoms with van der Waals surface area (Å²) in [4.78, 5) is 15.2. The highest BCUT2D eigenvalue weighted by atomic mass is 32.2. The van der Waals surface area contributed by atoms with Crippen LogP contribution in [0.5, 0.6) is 5.75 Å². The van der Waals surface area contributed by atoms with E-state index in [1.807, 2.05) is 65.6 Å². The van der Waals surface area contributed by atoms with Gasteiger partial charge in [-0.1, -0.05) is 48.5 Å². The Labute approximate surface area is 197 Å². The van der Waals surface area contributed by atoms with Crippen LogP contribution in [0.1, 0.15) is 44.1 Å². The third-order valence-corrected chi connectivity index (χ3v) is 8.53. The average molecular weight is 471 g/mol. The number of nitrogens with zero attached hydrogens (tertiary/aromatic N) is 2. The first-order chi connectivity index (χ1) is 16.0. The third kappa shape index (κ3) is 6.36. The van der Waals surface area contributed by atoms with Crippen LogP contribution in [0.3, 0.4) is 0 Å². The third-order valence-electron chi connectivity index (χ3n) is 6.73. The molecular weight excluding hydrogens is 436 g/mol. The van der Waals surface area contributed by atoms with Gasteiger partial charge in [-0.2, -0.15) is 0 Å². The lowest BCUT2D eigenvalue weighted by atomic mass is 9.78. The van der Waals surface area contributed by atoms with Crippen LogP contribution in [0.2, 0.25) is 0 Å². The van der Waals surface area contributed by atoms with E-state index in [4.69, 9.17) is 4.74 Å². The quantitative estimate of drug-likeness (QED) is 0.583. The summed E-state index contributed by atoms with van der Waals surface area (Å²) in [7, 11) is -3.50. The van der Waals surface area contributed by atoms with Gasteiger partial charge in [0.25, 0.3) is 0 Å². The van der Waals surface area contributed by atoms with Crippen molar-refractivity contribution in [2.45, 2.75) is 44.3 Å². The summed E-state index contributed by atoms with van der Waals surface area (Å²) in [6, 6.07) is 18.8. The maximum Gasteiger partial charge on any atom is 0.223 e. The van der Waals surface area contributed by atoms with Crippen LogP contribution in [0, 0.1) is 5.41 Å². The average Bonchev–Trinajstić information content (AvgIpc) is 2.84. The summed E-state index contributed by atoms with van der Waals surface area (Å²) in [5.74, 6) is 0.837. The van der Waals surface area contributed by atoms with E-state index >= 15 is 0 Å². The molecule has 7 heteroatoms. The zero-order valence-corrected chi connectivity index (χ0v) is 20.0. The molecule has 0 bridgehead atoms. The van der Waals surface area contributed by atoms with E-state index in [9.17, 15) is 13.2 Å². The number of sulfonamides is 1. The Kier molecular flexibility index (Phi) is 7.71. The van der Waals surface area contributed by atoms with Gasteiger partial charge in [0, 0.05) is 38.0 Å². The molecule has 0 N–H and O–H groups in total. The van der Waals surface area contributed by atoms with Gasteiger partial charge in [0.05, 0.1) is 12.4 Å². The smallest absolute Gasteiger partial charge is 0.223 e. The molecule has 0 saturated carbocycles. The topological polar surface area (TPSA) is 66.9 Å². The van der Waals surface area contributed by atoms with Crippen molar-refractivity contribution < 1.29 is 17.9 Å². The van der Waals surface area contributed by atoms with E-state index in [1.165, 1.54) is 0 Å². The van der Waals surface area contributed by atoms with Gasteiger partial charge < -0.3 is 9.64 Å². The van der Waals surface area contributed by atoms with Crippen LogP contribution in [0.15, 0.2) is 60.7 Å². The number of likely N-dealkylation sites (tertiary alicyclic amines) is 1. The second-order valence-electron chi connectivity index (χ2n) is 9.40. The van der Waals surface area contributed by atoms with Crippen molar-refractivity contribution in [3.63, 3.8) is 0 Å². The number of rotatable bonds is 8. The van der Waals surface area contributed by atoms with Crippen LogP contribution in [-0.4, -0.2) is 56.3 Å². The molecule has 2 saturated heterocycles. The molecule has 0 spiro atoms. The van der Waals surface area contributed by atoms with E-state index in [-0.39, 0.29) is 11.7 Å². The maximum absolute atomic E-state index is 13.3. The molecule has 2 aliphatic rings. The van der Waals surface area contributed by atoms with Crippen molar-refractivity contribution in [3.8, 4) is 5.75 Å². The van der Waals surface area contributed by atoms with Gasteiger partial charge in [-0.05, 0) is 49.8 Å². The number of hydrogen-bond acceptors (Lipinski definition) is 4. The van der Waals surface area contributed by atoms with Gasteiger partial charge in [-0.3, -0.25) is 4.79 Å². The Bertz CT molecular complexity index is 1010. The fraction of sp³-hybridized carbons (Fsp3) is 0.500. The van der Waals surface area contributed by atoms with Crippen LogP contribution in [0.4, 0.5) is 0 Å². The molecule has 178 valence electrons. The van der Waals surface area contributed by atoms with Crippen LogP contribution >= 0.6 is 0 Å². The van der Waals surface area contributed by atoms with Crippen molar-refractivity contribution >= 4 is 15.9 Å². The van der Waals surface area contributed by atoms with Crippen LogP contribution < -0.4 is 4.74 Å². The molecule has 0 aliphatic carbocycles. The number of hydrogen-bond donors (Lipinski definition) is 0. The van der Waals surface area contributed by atoms with Gasteiger partial charge in [0.2, 0.25) is 15.9 Å². The van der Waals surface area contributed by atoms with Crippen LogP contribution in [-0.2, 0) is 20.6 Å². The van der Waals surface area contributed by atoms with Crippen molar-refractivity contribution in [1.29, 1.82) is 0 Å². The number of ether oxygens (including phenoxy) is 1. The van der Waals surface area contributed by atoms with E-state index in [1.54, 1.807) is 4.31 Å². The predicted octanol–water partition coefficient (Wildman–Crippen LogP) is 4.08. The molecule has 0 aromatic heterocycles. The molecular formula is C26H34N2O4S. The number of carbonyl (C=O) groups excluding carboxylic acids is 1. The van der Waals surface area contributed by atoms with E-state index < -0.39 is 15.4 Å². The minimum Gasteiger partial charge on any atom is -0.493 e. The molecule has 6 nitrogen and oxygen atoms in total. The largest absolute Gasteiger partial charge is 0.493 e. The molecule has 1 unspecified atom stereocenters. The molecule has 2 heterocycles. The highest BCUT2D eigenvalue weighted by Gasteiger charge is 2.42. The fourth-order valence-electron chi connectivity index (χ4n) is 4.92. The van der Waals surface area contributed by atoms with Crippen molar-refractivity contribution in [2.75, 3.05) is 32.8 Å². The lowest BCUT2D eigenvalue weighted by Crippen LogP contribution is -2.51. The van der Waals surface area contributed by atoms with Crippen molar-refractivity contribution in [3.05, 3.63) is 66.2 Å². The van der Waals surface area contributed by atoms with Crippen molar-refractivity contribution in [1.82, 2.24) is 9.21 Å². The normalized spacial score (nSPS) is 22.1. The second kappa shape index (κ2) is 10.7. The summed E-state index contributed by atoms with van der Waals surface area (Å²) >= 11 is 0. The number of benzene rings is 2. The van der Waals surface area contributed by atoms with Gasteiger partial charge in [0.1, 0.15) is 5.75 Å². The molecule has 2 aromatic carbocycles. The summed E-state index contributed by atoms with van der Waals surface area (Å²) in [6.07, 6.45) is 5.05. The summed E-state index contributed by atoms with van der Waals surface area (Å²) < 4.78 is 34.3. The van der Waals surface area contributed by atoms with E-state index in [2.05, 4.69) is 0 Å². The monoisotopic (exact) mass is 470 g/mol. The summed E-state index contributed by atoms with van der Waals surface area (Å²) in [5, 5.41) is 0. The maximum atomic E-state index is 13.3. The Balaban J connectivity index is 1.52. The molecule has 1 amide bonds. The Morgan fingerprint density at radius 2 is 1.55 bits per heavy atom. The SMILES string of the molecule is O=C(CC1(COc2ccccc2)CCCN(S(=O)(=O)Cc2ccccc2)C1)N1CCCCC1. The van der Waals surface area contributed by atoms with Crippen LogP contribution in [0.25, 0.3) is 0 Å². The highest BCUT2D eigenvalue weighted by molar-refractivity contribution is 7.88. The van der Waals surface area contributed by atoms with Gasteiger partial charge in [-0.25, -0.2) is 12.7 Å². The van der Waals surface area contributed by atoms with Crippen molar-refractivity contribution in [2.24, 2.45) is 5.41 Å². The van der Waals surface area contributed by atoms with Gasteiger partial charge in [0.15, 0.2) is 0 Å². The first-order valence-corrected chi connectivity index (χ1v) is 13.5. The molecule has 2 aliphatic heterocycles. The Morgan fingerprint density at radius 3 is 2.24 bits per heavy atom. The molecule has 33 heavy (non-hydrogen) atoms. The fourth-order valence-corrected chi connectivity index (χ4v) is 6.59. The molecule has 2 fully saturated rings. The van der Waals surface area contributed by atoms with Gasteiger partial charge in [-0.15, -0.1) is 0 Å². The lowest BCUT2D eigenvalue weighted by Gasteiger charge is -2.42. The first-order valence-electron chi connectivity index (χ1n) is 11.9. The predicted molar refractivity (Wildman–Crippen MR) is 129 cm³/mol. The number of para-hydroxylation sites is 1. The molecule has 0 radical (unpaired) electrons. The molecule has 4 rings (SSSR count).